The molecule has 3 rings (SSSR count). The van der Waals surface area contributed by atoms with Crippen LogP contribution in [0.4, 0.5) is 0 Å². The molecule has 3 aromatic rings. The van der Waals surface area contributed by atoms with Gasteiger partial charge in [-0.2, -0.15) is 0 Å². The molecule has 0 aliphatic carbocycles. The van der Waals surface area contributed by atoms with Crippen molar-refractivity contribution in [2.45, 2.75) is 0 Å². The molecule has 0 atom stereocenters. The normalized spacial score (nSPS) is 11.4. The van der Waals surface area contributed by atoms with Crippen LogP contribution in [0.5, 0.6) is 34.5 Å². The number of phenolic OH excluding ortho intramolecular Hbond substituents is 6. The minimum atomic E-state index is -0.736. The molecule has 0 radical (unpaired) electrons. The quantitative estimate of drug-likeness (QED) is 0.243. The van der Waals surface area contributed by atoms with Crippen molar-refractivity contribution < 1.29 is 30.6 Å². The van der Waals surface area contributed by atoms with Gasteiger partial charge in [-0.1, -0.05) is 0 Å². The van der Waals surface area contributed by atoms with Crippen molar-refractivity contribution in [3.63, 3.8) is 0 Å². The standard InChI is InChI=1S/C12H9NO6/c14-4-2-6(16)10(17)9-8(4)7-3(13-9)1-5(15)11(18)12(7)19/h1-2,13-19H. The van der Waals surface area contributed by atoms with Gasteiger partial charge in [0.15, 0.2) is 23.0 Å². The molecule has 0 fully saturated rings. The molecule has 0 spiro atoms. The number of aromatic nitrogens is 1. The smallest absolute Gasteiger partial charge is 0.201 e. The Morgan fingerprint density at radius 3 is 1.95 bits per heavy atom. The van der Waals surface area contributed by atoms with Crippen LogP contribution < -0.4 is 0 Å². The van der Waals surface area contributed by atoms with E-state index >= 15 is 0 Å². The zero-order valence-electron chi connectivity index (χ0n) is 9.34. The summed E-state index contributed by atoms with van der Waals surface area (Å²) >= 11 is 0. The average Bonchev–Trinajstić information content (AvgIpc) is 2.73. The number of rotatable bonds is 0. The van der Waals surface area contributed by atoms with Crippen LogP contribution in [0.2, 0.25) is 0 Å². The summed E-state index contributed by atoms with van der Waals surface area (Å²) in [4.78, 5) is 2.64. The first-order valence-electron chi connectivity index (χ1n) is 5.25. The van der Waals surface area contributed by atoms with Gasteiger partial charge in [-0.15, -0.1) is 0 Å². The van der Waals surface area contributed by atoms with Gasteiger partial charge in [0.1, 0.15) is 5.75 Å². The Morgan fingerprint density at radius 1 is 0.632 bits per heavy atom. The first-order chi connectivity index (χ1) is 8.91. The van der Waals surface area contributed by atoms with Crippen LogP contribution in [-0.2, 0) is 0 Å². The molecule has 19 heavy (non-hydrogen) atoms. The largest absolute Gasteiger partial charge is 0.507 e. The maximum atomic E-state index is 9.83. The Balaban J connectivity index is 2.66. The summed E-state index contributed by atoms with van der Waals surface area (Å²) in [6.45, 7) is 0. The Bertz CT molecular complexity index is 836. The van der Waals surface area contributed by atoms with Gasteiger partial charge in [-0.3, -0.25) is 0 Å². The van der Waals surface area contributed by atoms with Crippen molar-refractivity contribution in [1.29, 1.82) is 0 Å². The van der Waals surface area contributed by atoms with E-state index in [1.807, 2.05) is 0 Å². The molecule has 7 N–H and O–H groups in total. The molecule has 0 aliphatic rings. The third-order valence-electron chi connectivity index (χ3n) is 3.02. The average molecular weight is 263 g/mol. The number of phenols is 6. The molecule has 7 nitrogen and oxygen atoms in total. The summed E-state index contributed by atoms with van der Waals surface area (Å²) in [7, 11) is 0. The van der Waals surface area contributed by atoms with Crippen LogP contribution in [0.15, 0.2) is 12.1 Å². The van der Waals surface area contributed by atoms with Gasteiger partial charge >= 0.3 is 0 Å². The number of aromatic hydroxyl groups is 6. The van der Waals surface area contributed by atoms with E-state index in [0.717, 1.165) is 12.1 Å². The predicted molar refractivity (Wildman–Crippen MR) is 65.8 cm³/mol. The summed E-state index contributed by atoms with van der Waals surface area (Å²) in [5.41, 5.74) is 0.159. The number of benzene rings is 2. The molecule has 7 heteroatoms. The van der Waals surface area contributed by atoms with Crippen LogP contribution >= 0.6 is 0 Å². The van der Waals surface area contributed by atoms with Crippen LogP contribution in [0.25, 0.3) is 21.8 Å². The van der Waals surface area contributed by atoms with E-state index in [-0.39, 0.29) is 21.8 Å². The molecule has 1 heterocycles. The van der Waals surface area contributed by atoms with Crippen molar-refractivity contribution in [3.8, 4) is 34.5 Å². The third-order valence-corrected chi connectivity index (χ3v) is 3.02. The Labute approximate surface area is 105 Å². The highest BCUT2D eigenvalue weighted by molar-refractivity contribution is 6.16. The number of fused-ring (bicyclic) bond motifs is 3. The monoisotopic (exact) mass is 263 g/mol. The van der Waals surface area contributed by atoms with Crippen LogP contribution in [-0.4, -0.2) is 35.6 Å². The van der Waals surface area contributed by atoms with Gasteiger partial charge < -0.3 is 35.6 Å². The maximum absolute atomic E-state index is 9.83. The molecular formula is C12H9NO6. The molecule has 0 aliphatic heterocycles. The minimum absolute atomic E-state index is 0.0206. The molecule has 2 aromatic carbocycles. The van der Waals surface area contributed by atoms with Gasteiger partial charge in [0.2, 0.25) is 5.75 Å². The topological polar surface area (TPSA) is 137 Å². The van der Waals surface area contributed by atoms with Crippen LogP contribution in [0.1, 0.15) is 0 Å². The van der Waals surface area contributed by atoms with E-state index in [0.29, 0.717) is 0 Å². The minimum Gasteiger partial charge on any atom is -0.507 e. The van der Waals surface area contributed by atoms with Gasteiger partial charge in [-0.25, -0.2) is 0 Å². The van der Waals surface area contributed by atoms with Gasteiger partial charge in [-0.05, 0) is 0 Å². The second-order valence-corrected chi connectivity index (χ2v) is 4.15. The number of hydrogen-bond donors (Lipinski definition) is 7. The van der Waals surface area contributed by atoms with E-state index in [1.54, 1.807) is 0 Å². The molecule has 0 saturated carbocycles. The Kier molecular flexibility index (Phi) is 1.93. The van der Waals surface area contributed by atoms with E-state index in [4.69, 9.17) is 0 Å². The van der Waals surface area contributed by atoms with E-state index in [1.165, 1.54) is 0 Å². The molecular weight excluding hydrogens is 254 g/mol. The van der Waals surface area contributed by atoms with Crippen LogP contribution in [0, 0.1) is 0 Å². The number of hydrogen-bond acceptors (Lipinski definition) is 6. The fourth-order valence-electron chi connectivity index (χ4n) is 2.15. The Morgan fingerprint density at radius 2 is 1.26 bits per heavy atom. The van der Waals surface area contributed by atoms with Crippen molar-refractivity contribution >= 4 is 21.8 Å². The van der Waals surface area contributed by atoms with Crippen molar-refractivity contribution in [3.05, 3.63) is 12.1 Å². The second-order valence-electron chi connectivity index (χ2n) is 4.15. The highest BCUT2D eigenvalue weighted by atomic mass is 16.3. The number of H-pyrrole nitrogens is 1. The van der Waals surface area contributed by atoms with Gasteiger partial charge in [0, 0.05) is 12.1 Å². The van der Waals surface area contributed by atoms with Crippen molar-refractivity contribution in [2.24, 2.45) is 0 Å². The van der Waals surface area contributed by atoms with Crippen LogP contribution in [0.3, 0.4) is 0 Å². The van der Waals surface area contributed by atoms with Crippen molar-refractivity contribution in [2.75, 3.05) is 0 Å². The Hall–Kier alpha value is -2.96. The zero-order chi connectivity index (χ0) is 13.9. The lowest BCUT2D eigenvalue weighted by molar-refractivity contribution is 0.371. The lowest BCUT2D eigenvalue weighted by Gasteiger charge is -2.04. The molecule has 0 saturated heterocycles. The van der Waals surface area contributed by atoms with Crippen molar-refractivity contribution in [1.82, 2.24) is 4.98 Å². The molecule has 0 unspecified atom stereocenters. The van der Waals surface area contributed by atoms with E-state index in [2.05, 4.69) is 4.98 Å². The SMILES string of the molecule is Oc1cc2[nH]c3c(O)c(O)cc(O)c3c2c(O)c1O. The van der Waals surface area contributed by atoms with Gasteiger partial charge in [0.25, 0.3) is 0 Å². The lowest BCUT2D eigenvalue weighted by Crippen LogP contribution is -1.75. The fraction of sp³-hybridized carbons (Fsp3) is 0. The fourth-order valence-corrected chi connectivity index (χ4v) is 2.15. The number of aromatic amines is 1. The summed E-state index contributed by atoms with van der Waals surface area (Å²) in [6, 6.07) is 2.04. The van der Waals surface area contributed by atoms with Gasteiger partial charge in [0.05, 0.1) is 21.8 Å². The molecule has 0 amide bonds. The first kappa shape index (κ1) is 11.1. The second kappa shape index (κ2) is 3.29. The van der Waals surface area contributed by atoms with E-state index < -0.39 is 34.5 Å². The molecule has 98 valence electrons. The lowest BCUT2D eigenvalue weighted by atomic mass is 10.1. The third kappa shape index (κ3) is 1.26. The molecule has 1 aromatic heterocycles. The maximum Gasteiger partial charge on any atom is 0.201 e. The zero-order valence-corrected chi connectivity index (χ0v) is 9.34. The first-order valence-corrected chi connectivity index (χ1v) is 5.25. The summed E-state index contributed by atoms with van der Waals surface area (Å²) in [6.07, 6.45) is 0. The molecule has 0 bridgehead atoms. The summed E-state index contributed by atoms with van der Waals surface area (Å²) in [5.74, 6) is -3.37. The summed E-state index contributed by atoms with van der Waals surface area (Å²) < 4.78 is 0. The summed E-state index contributed by atoms with van der Waals surface area (Å²) in [5, 5.41) is 57.7. The highest BCUT2D eigenvalue weighted by Gasteiger charge is 2.21. The number of nitrogens with one attached hydrogen (secondary N) is 1. The predicted octanol–water partition coefficient (Wildman–Crippen LogP) is 1.55. The van der Waals surface area contributed by atoms with E-state index in [9.17, 15) is 30.6 Å². The highest BCUT2D eigenvalue weighted by Crippen LogP contribution is 2.49.